The maximum absolute atomic E-state index is 12.2. The lowest BCUT2D eigenvalue weighted by molar-refractivity contribution is -0.147. The summed E-state index contributed by atoms with van der Waals surface area (Å²) in [6.45, 7) is 3.69. The molecule has 0 radical (unpaired) electrons. The fourth-order valence-corrected chi connectivity index (χ4v) is 3.31. The van der Waals surface area contributed by atoms with Crippen LogP contribution < -0.4 is 20.1 Å². The highest BCUT2D eigenvalue weighted by atomic mass is 16.5. The number of anilines is 2. The molecule has 40 heavy (non-hydrogen) atoms. The maximum Gasteiger partial charge on any atom is 0.338 e. The van der Waals surface area contributed by atoms with Gasteiger partial charge in [0.1, 0.15) is 5.75 Å². The van der Waals surface area contributed by atoms with Crippen molar-refractivity contribution in [2.24, 2.45) is 5.92 Å². The molecule has 0 saturated carbocycles. The van der Waals surface area contributed by atoms with Crippen molar-refractivity contribution in [3.63, 3.8) is 0 Å². The maximum atomic E-state index is 12.2. The van der Waals surface area contributed by atoms with E-state index in [-0.39, 0.29) is 24.7 Å². The smallest absolute Gasteiger partial charge is 0.338 e. The Morgan fingerprint density at radius 1 is 0.725 bits per heavy atom. The average molecular weight is 549 g/mol. The monoisotopic (exact) mass is 548 g/mol. The van der Waals surface area contributed by atoms with Gasteiger partial charge in [0.25, 0.3) is 5.91 Å². The normalized spacial score (nSPS) is 10.4. The van der Waals surface area contributed by atoms with Gasteiger partial charge in [0.05, 0.1) is 25.7 Å². The molecule has 0 heterocycles. The number of methoxy groups -OCH3 is 1. The molecule has 0 spiro atoms. The summed E-state index contributed by atoms with van der Waals surface area (Å²) in [4.78, 5) is 48.3. The van der Waals surface area contributed by atoms with Crippen LogP contribution in [0.4, 0.5) is 11.4 Å². The molecule has 3 aromatic rings. The molecule has 10 heteroatoms. The summed E-state index contributed by atoms with van der Waals surface area (Å²) in [5.41, 5.74) is 1.32. The van der Waals surface area contributed by atoms with Gasteiger partial charge >= 0.3 is 11.9 Å². The largest absolute Gasteiger partial charge is 0.493 e. The minimum atomic E-state index is -0.686. The van der Waals surface area contributed by atoms with Gasteiger partial charge in [0.15, 0.2) is 18.1 Å². The minimum absolute atomic E-state index is 0.117. The Balaban J connectivity index is 1.35. The van der Waals surface area contributed by atoms with Crippen molar-refractivity contribution < 1.29 is 38.1 Å². The van der Waals surface area contributed by atoms with Gasteiger partial charge in [-0.1, -0.05) is 26.0 Å². The van der Waals surface area contributed by atoms with Gasteiger partial charge in [0, 0.05) is 17.8 Å². The van der Waals surface area contributed by atoms with Crippen molar-refractivity contribution in [2.75, 3.05) is 31.0 Å². The molecule has 0 unspecified atom stereocenters. The average Bonchev–Trinajstić information content (AvgIpc) is 2.95. The Kier molecular flexibility index (Phi) is 11.1. The number of rotatable bonds is 13. The minimum Gasteiger partial charge on any atom is -0.493 e. The standard InChI is InChI=1S/C30H32N2O8/c1-20(2)18-39-30(36)21-8-10-22(11-9-21)32-28(34)19-38-29(35)17-16-27(33)31-23-12-14-24(15-13-23)40-26-7-5-4-6-25(26)37-3/h4-15,20H,16-19H2,1-3H3,(H,31,33)(H,32,34). The second kappa shape index (κ2) is 14.9. The number of para-hydroxylation sites is 2. The van der Waals surface area contributed by atoms with Crippen molar-refractivity contribution >= 4 is 35.1 Å². The summed E-state index contributed by atoms with van der Waals surface area (Å²) in [5, 5.41) is 5.27. The first kappa shape index (κ1) is 29.7. The van der Waals surface area contributed by atoms with Crippen LogP contribution in [0.2, 0.25) is 0 Å². The van der Waals surface area contributed by atoms with E-state index in [1.54, 1.807) is 55.6 Å². The van der Waals surface area contributed by atoms with Crippen molar-refractivity contribution in [1.82, 2.24) is 0 Å². The molecule has 0 bridgehead atoms. The Morgan fingerprint density at radius 3 is 1.95 bits per heavy atom. The molecule has 2 amide bonds. The lowest BCUT2D eigenvalue weighted by Crippen LogP contribution is -2.21. The molecule has 0 aromatic heterocycles. The van der Waals surface area contributed by atoms with Crippen LogP contribution in [0.3, 0.4) is 0 Å². The third-order valence-corrected chi connectivity index (χ3v) is 5.31. The molecule has 210 valence electrons. The van der Waals surface area contributed by atoms with Crippen LogP contribution in [0.1, 0.15) is 37.0 Å². The van der Waals surface area contributed by atoms with Gasteiger partial charge in [-0.2, -0.15) is 0 Å². The highest BCUT2D eigenvalue weighted by Gasteiger charge is 2.13. The van der Waals surface area contributed by atoms with Crippen molar-refractivity contribution in [3.8, 4) is 17.2 Å². The molecule has 0 atom stereocenters. The first-order chi connectivity index (χ1) is 19.2. The number of hydrogen-bond acceptors (Lipinski definition) is 8. The summed E-state index contributed by atoms with van der Waals surface area (Å²) in [6, 6.07) is 20.1. The fraction of sp³-hybridized carbons (Fsp3) is 0.267. The zero-order valence-electron chi connectivity index (χ0n) is 22.6. The molecular formula is C30H32N2O8. The number of carbonyl (C=O) groups is 4. The van der Waals surface area contributed by atoms with E-state index in [1.807, 2.05) is 26.0 Å². The summed E-state index contributed by atoms with van der Waals surface area (Å²) >= 11 is 0. The topological polar surface area (TPSA) is 129 Å². The van der Waals surface area contributed by atoms with Gasteiger partial charge < -0.3 is 29.6 Å². The van der Waals surface area contributed by atoms with Gasteiger partial charge in [-0.3, -0.25) is 14.4 Å². The molecular weight excluding hydrogens is 516 g/mol. The fourth-order valence-electron chi connectivity index (χ4n) is 3.31. The number of benzene rings is 3. The molecule has 2 N–H and O–H groups in total. The third kappa shape index (κ3) is 9.79. The van der Waals surface area contributed by atoms with Crippen LogP contribution in [-0.2, 0) is 23.9 Å². The predicted octanol–water partition coefficient (Wildman–Crippen LogP) is 5.20. The van der Waals surface area contributed by atoms with Crippen LogP contribution in [0, 0.1) is 5.92 Å². The van der Waals surface area contributed by atoms with E-state index in [0.29, 0.717) is 40.8 Å². The molecule has 0 fully saturated rings. The Labute approximate surface area is 232 Å². The van der Waals surface area contributed by atoms with Crippen molar-refractivity contribution in [1.29, 1.82) is 0 Å². The van der Waals surface area contributed by atoms with E-state index in [2.05, 4.69) is 10.6 Å². The van der Waals surface area contributed by atoms with E-state index in [1.165, 1.54) is 12.1 Å². The molecule has 3 aromatic carbocycles. The molecule has 0 aliphatic heterocycles. The first-order valence-electron chi connectivity index (χ1n) is 12.7. The molecule has 10 nitrogen and oxygen atoms in total. The quantitative estimate of drug-likeness (QED) is 0.279. The van der Waals surface area contributed by atoms with Crippen LogP contribution in [-0.4, -0.2) is 44.1 Å². The third-order valence-electron chi connectivity index (χ3n) is 5.31. The van der Waals surface area contributed by atoms with E-state index >= 15 is 0 Å². The van der Waals surface area contributed by atoms with E-state index in [9.17, 15) is 19.2 Å². The van der Waals surface area contributed by atoms with Gasteiger partial charge in [-0.15, -0.1) is 0 Å². The van der Waals surface area contributed by atoms with Crippen LogP contribution in [0.5, 0.6) is 17.2 Å². The second-order valence-electron chi connectivity index (χ2n) is 9.10. The highest BCUT2D eigenvalue weighted by molar-refractivity contribution is 5.95. The van der Waals surface area contributed by atoms with Crippen molar-refractivity contribution in [3.05, 3.63) is 78.4 Å². The molecule has 3 rings (SSSR count). The number of nitrogens with one attached hydrogen (secondary N) is 2. The van der Waals surface area contributed by atoms with E-state index < -0.39 is 24.5 Å². The number of amides is 2. The second-order valence-corrected chi connectivity index (χ2v) is 9.10. The number of hydrogen-bond donors (Lipinski definition) is 2. The van der Waals surface area contributed by atoms with Crippen molar-refractivity contribution in [2.45, 2.75) is 26.7 Å². The predicted molar refractivity (Wildman–Crippen MR) is 149 cm³/mol. The lowest BCUT2D eigenvalue weighted by Gasteiger charge is -2.11. The highest BCUT2D eigenvalue weighted by Crippen LogP contribution is 2.31. The van der Waals surface area contributed by atoms with Gasteiger partial charge in [-0.25, -0.2) is 4.79 Å². The number of carbonyl (C=O) groups excluding carboxylic acids is 4. The Bertz CT molecular complexity index is 1300. The number of ether oxygens (including phenoxy) is 4. The summed E-state index contributed by atoms with van der Waals surface area (Å²) < 4.78 is 21.2. The van der Waals surface area contributed by atoms with Gasteiger partial charge in [0.2, 0.25) is 5.91 Å². The van der Waals surface area contributed by atoms with E-state index in [4.69, 9.17) is 18.9 Å². The summed E-state index contributed by atoms with van der Waals surface area (Å²) in [6.07, 6.45) is -0.310. The van der Waals surface area contributed by atoms with E-state index in [0.717, 1.165) is 0 Å². The Hall–Kier alpha value is -4.86. The summed E-state index contributed by atoms with van der Waals surface area (Å²) in [5.74, 6) is -0.123. The van der Waals surface area contributed by atoms with Crippen LogP contribution >= 0.6 is 0 Å². The van der Waals surface area contributed by atoms with Crippen LogP contribution in [0.15, 0.2) is 72.8 Å². The molecule has 0 aliphatic rings. The SMILES string of the molecule is COc1ccccc1Oc1ccc(NC(=O)CCC(=O)OCC(=O)Nc2ccc(C(=O)OCC(C)C)cc2)cc1. The zero-order chi connectivity index (χ0) is 28.9. The van der Waals surface area contributed by atoms with Crippen LogP contribution in [0.25, 0.3) is 0 Å². The summed E-state index contributed by atoms with van der Waals surface area (Å²) in [7, 11) is 1.56. The first-order valence-corrected chi connectivity index (χ1v) is 12.7. The zero-order valence-corrected chi connectivity index (χ0v) is 22.6. The number of esters is 2. The molecule has 0 aliphatic carbocycles. The van der Waals surface area contributed by atoms with Gasteiger partial charge in [-0.05, 0) is 66.6 Å². The lowest BCUT2D eigenvalue weighted by atomic mass is 10.2. The Morgan fingerprint density at radius 2 is 1.32 bits per heavy atom. The molecule has 0 saturated heterocycles.